The molecule has 0 unspecified atom stereocenters. The van der Waals surface area contributed by atoms with Gasteiger partial charge in [0.1, 0.15) is 18.2 Å². The third-order valence-corrected chi connectivity index (χ3v) is 7.02. The number of carbonyl (C=O) groups excluding carboxylic acids is 3. The van der Waals surface area contributed by atoms with Gasteiger partial charge < -0.3 is 29.9 Å². The van der Waals surface area contributed by atoms with Crippen molar-refractivity contribution in [1.29, 1.82) is 0 Å². The molecule has 200 valence electrons. The van der Waals surface area contributed by atoms with Gasteiger partial charge in [0.2, 0.25) is 5.91 Å². The first-order chi connectivity index (χ1) is 16.9. The summed E-state index contributed by atoms with van der Waals surface area (Å²) < 4.78 is 10.8. The monoisotopic (exact) mass is 502 g/mol. The van der Waals surface area contributed by atoms with E-state index in [4.69, 9.17) is 9.47 Å². The summed E-state index contributed by atoms with van der Waals surface area (Å²) >= 11 is 0. The van der Waals surface area contributed by atoms with Crippen molar-refractivity contribution in [3.8, 4) is 0 Å². The Morgan fingerprint density at radius 1 is 1.08 bits per heavy atom. The van der Waals surface area contributed by atoms with Gasteiger partial charge in [-0.1, -0.05) is 30.3 Å². The van der Waals surface area contributed by atoms with Crippen LogP contribution in [-0.2, 0) is 20.9 Å². The van der Waals surface area contributed by atoms with Gasteiger partial charge in [-0.25, -0.2) is 9.59 Å². The Kier molecular flexibility index (Phi) is 9.22. The van der Waals surface area contributed by atoms with E-state index in [2.05, 4.69) is 36.4 Å². The van der Waals surface area contributed by atoms with Crippen LogP contribution in [0.2, 0.25) is 0 Å². The second-order valence-electron chi connectivity index (χ2n) is 11.1. The Hall–Kier alpha value is -2.81. The molecule has 1 aliphatic heterocycles. The topological polar surface area (TPSA) is 100 Å². The smallest absolute Gasteiger partial charge is 0.408 e. The van der Waals surface area contributed by atoms with Gasteiger partial charge in [0, 0.05) is 18.6 Å². The van der Waals surface area contributed by atoms with E-state index in [1.807, 2.05) is 56.0 Å². The van der Waals surface area contributed by atoms with Gasteiger partial charge in [-0.3, -0.25) is 4.79 Å². The van der Waals surface area contributed by atoms with Gasteiger partial charge in [-0.15, -0.1) is 0 Å². The highest BCUT2D eigenvalue weighted by molar-refractivity contribution is 5.87. The number of likely N-dealkylation sites (tertiary alicyclic amines) is 1. The predicted molar refractivity (Wildman–Crippen MR) is 137 cm³/mol. The van der Waals surface area contributed by atoms with Crippen LogP contribution in [0.1, 0.15) is 65.9 Å². The second kappa shape index (κ2) is 12.0. The molecule has 0 radical (unpaired) electrons. The molecule has 2 aliphatic rings. The molecular weight excluding hydrogens is 460 g/mol. The summed E-state index contributed by atoms with van der Waals surface area (Å²) in [7, 11) is 2.10. The van der Waals surface area contributed by atoms with Gasteiger partial charge >= 0.3 is 12.2 Å². The number of ether oxygens (including phenoxy) is 2. The molecule has 1 saturated carbocycles. The standard InChI is InChI=1S/C27H42N4O5/c1-18(2)30(6)20-12-13-23(22(16-20)29-26(34)36-27(3,4)5)31-15-14-21(24(31)32)28-25(33)35-17-19-10-8-7-9-11-19/h7-11,18,20-23H,12-17H2,1-6H3,(H,28,33)(H,29,34)/t20-,21+,22-,23+/m1/s1. The maximum absolute atomic E-state index is 13.3. The number of benzene rings is 1. The number of nitrogens with one attached hydrogen (secondary N) is 2. The largest absolute Gasteiger partial charge is 0.445 e. The van der Waals surface area contributed by atoms with E-state index >= 15 is 0 Å². The first kappa shape index (κ1) is 27.8. The first-order valence-electron chi connectivity index (χ1n) is 12.9. The van der Waals surface area contributed by atoms with Crippen LogP contribution < -0.4 is 10.6 Å². The fraction of sp³-hybridized carbons (Fsp3) is 0.667. The molecule has 0 spiro atoms. The molecule has 36 heavy (non-hydrogen) atoms. The highest BCUT2D eigenvalue weighted by Crippen LogP contribution is 2.30. The van der Waals surface area contributed by atoms with Crippen molar-refractivity contribution < 1.29 is 23.9 Å². The van der Waals surface area contributed by atoms with E-state index in [9.17, 15) is 14.4 Å². The van der Waals surface area contributed by atoms with Crippen LogP contribution in [0.3, 0.4) is 0 Å². The lowest BCUT2D eigenvalue weighted by Gasteiger charge is -2.44. The number of carbonyl (C=O) groups is 3. The molecule has 1 heterocycles. The fourth-order valence-electron chi connectivity index (χ4n) is 4.98. The van der Waals surface area contributed by atoms with Gasteiger partial charge in [0.25, 0.3) is 0 Å². The molecule has 2 N–H and O–H groups in total. The number of alkyl carbamates (subject to hydrolysis) is 2. The quantitative estimate of drug-likeness (QED) is 0.590. The molecule has 4 atom stereocenters. The zero-order valence-corrected chi connectivity index (χ0v) is 22.5. The predicted octanol–water partition coefficient (Wildman–Crippen LogP) is 3.67. The van der Waals surface area contributed by atoms with Crippen molar-refractivity contribution in [1.82, 2.24) is 20.4 Å². The lowest BCUT2D eigenvalue weighted by molar-refractivity contribution is -0.132. The average Bonchev–Trinajstić information content (AvgIpc) is 3.16. The van der Waals surface area contributed by atoms with E-state index in [0.717, 1.165) is 24.8 Å². The van der Waals surface area contributed by atoms with E-state index in [1.165, 1.54) is 0 Å². The lowest BCUT2D eigenvalue weighted by atomic mass is 9.84. The van der Waals surface area contributed by atoms with Crippen LogP contribution in [0, 0.1) is 0 Å². The van der Waals surface area contributed by atoms with Crippen LogP contribution in [0.4, 0.5) is 9.59 Å². The summed E-state index contributed by atoms with van der Waals surface area (Å²) in [4.78, 5) is 42.4. The number of hydrogen-bond acceptors (Lipinski definition) is 6. The zero-order chi connectivity index (χ0) is 26.5. The third-order valence-electron chi connectivity index (χ3n) is 7.02. The van der Waals surface area contributed by atoms with Crippen molar-refractivity contribution in [3.63, 3.8) is 0 Å². The van der Waals surface area contributed by atoms with E-state index in [-0.39, 0.29) is 24.6 Å². The first-order valence-corrected chi connectivity index (χ1v) is 12.9. The van der Waals surface area contributed by atoms with Gasteiger partial charge in [0.05, 0.1) is 12.1 Å². The number of hydrogen-bond donors (Lipinski definition) is 2. The van der Waals surface area contributed by atoms with Crippen molar-refractivity contribution in [3.05, 3.63) is 35.9 Å². The summed E-state index contributed by atoms with van der Waals surface area (Å²) in [6.07, 6.45) is 1.83. The molecule has 3 rings (SSSR count). The SMILES string of the molecule is CC(C)N(C)[C@@H]1CC[C@H](N2CC[C@H](NC(=O)OCc3ccccc3)C2=O)[C@H](NC(=O)OC(C)(C)C)C1. The van der Waals surface area contributed by atoms with Gasteiger partial charge in [0.15, 0.2) is 0 Å². The molecular formula is C27H42N4O5. The van der Waals surface area contributed by atoms with Crippen molar-refractivity contribution >= 4 is 18.1 Å². The van der Waals surface area contributed by atoms with Crippen LogP contribution in [0.25, 0.3) is 0 Å². The van der Waals surface area contributed by atoms with Crippen molar-refractivity contribution in [2.75, 3.05) is 13.6 Å². The summed E-state index contributed by atoms with van der Waals surface area (Å²) in [5.74, 6) is -0.136. The molecule has 2 fully saturated rings. The van der Waals surface area contributed by atoms with Crippen LogP contribution >= 0.6 is 0 Å². The summed E-state index contributed by atoms with van der Waals surface area (Å²) in [6.45, 7) is 10.5. The highest BCUT2D eigenvalue weighted by atomic mass is 16.6. The highest BCUT2D eigenvalue weighted by Gasteiger charge is 2.44. The molecule has 1 aromatic carbocycles. The van der Waals surface area contributed by atoms with Crippen LogP contribution in [0.5, 0.6) is 0 Å². The van der Waals surface area contributed by atoms with Gasteiger partial charge in [-0.2, -0.15) is 0 Å². The Labute approximate surface area is 214 Å². The molecule has 9 heteroatoms. The molecule has 9 nitrogen and oxygen atoms in total. The molecule has 1 aliphatic carbocycles. The molecule has 3 amide bonds. The molecule has 0 aromatic heterocycles. The average molecular weight is 503 g/mol. The molecule has 0 bridgehead atoms. The number of rotatable bonds is 7. The van der Waals surface area contributed by atoms with E-state index in [0.29, 0.717) is 25.0 Å². The fourth-order valence-corrected chi connectivity index (χ4v) is 4.98. The Balaban J connectivity index is 1.63. The Bertz CT molecular complexity index is 901. The minimum atomic E-state index is -0.633. The maximum Gasteiger partial charge on any atom is 0.408 e. The number of nitrogens with zero attached hydrogens (tertiary/aromatic N) is 2. The van der Waals surface area contributed by atoms with E-state index < -0.39 is 23.8 Å². The summed E-state index contributed by atoms with van der Waals surface area (Å²) in [5.41, 5.74) is 0.271. The minimum Gasteiger partial charge on any atom is -0.445 e. The minimum absolute atomic E-state index is 0.136. The summed E-state index contributed by atoms with van der Waals surface area (Å²) in [5, 5.41) is 5.77. The van der Waals surface area contributed by atoms with E-state index in [1.54, 1.807) is 0 Å². The maximum atomic E-state index is 13.3. The third kappa shape index (κ3) is 7.59. The Morgan fingerprint density at radius 2 is 1.78 bits per heavy atom. The lowest BCUT2D eigenvalue weighted by Crippen LogP contribution is -2.59. The molecule has 1 aromatic rings. The summed E-state index contributed by atoms with van der Waals surface area (Å²) in [6, 6.07) is 9.04. The van der Waals surface area contributed by atoms with Crippen molar-refractivity contribution in [2.24, 2.45) is 0 Å². The normalized spacial score (nSPS) is 24.7. The van der Waals surface area contributed by atoms with Crippen molar-refractivity contribution in [2.45, 2.75) is 103 Å². The Morgan fingerprint density at radius 3 is 2.42 bits per heavy atom. The van der Waals surface area contributed by atoms with Gasteiger partial charge in [-0.05, 0) is 72.9 Å². The molecule has 1 saturated heterocycles. The second-order valence-corrected chi connectivity index (χ2v) is 11.1. The number of amides is 3. The van der Waals surface area contributed by atoms with Crippen LogP contribution in [-0.4, -0.2) is 77.3 Å². The zero-order valence-electron chi connectivity index (χ0n) is 22.5. The van der Waals surface area contributed by atoms with Crippen LogP contribution in [0.15, 0.2) is 30.3 Å².